The summed E-state index contributed by atoms with van der Waals surface area (Å²) < 4.78 is 5.14. The molecule has 0 fully saturated rings. The van der Waals surface area contributed by atoms with E-state index in [4.69, 9.17) is 16.1 Å². The zero-order valence-electron chi connectivity index (χ0n) is 15.4. The van der Waals surface area contributed by atoms with Gasteiger partial charge >= 0.3 is 0 Å². The first kappa shape index (κ1) is 20.5. The highest BCUT2D eigenvalue weighted by atomic mass is 35.5. The second kappa shape index (κ2) is 9.78. The van der Waals surface area contributed by atoms with Crippen LogP contribution in [0.2, 0.25) is 0 Å². The van der Waals surface area contributed by atoms with Crippen molar-refractivity contribution in [3.63, 3.8) is 0 Å². The van der Waals surface area contributed by atoms with Crippen LogP contribution in [-0.4, -0.2) is 34.2 Å². The number of halogens is 1. The second-order valence-corrected chi connectivity index (χ2v) is 6.52. The number of hydrogen-bond acceptors (Lipinski definition) is 4. The number of aliphatic hydroxyl groups excluding tert-OH is 1. The van der Waals surface area contributed by atoms with Gasteiger partial charge in [0, 0.05) is 17.1 Å². The molecule has 0 aromatic carbocycles. The van der Waals surface area contributed by atoms with Crippen molar-refractivity contribution in [3.8, 4) is 0 Å². The Morgan fingerprint density at radius 2 is 2.19 bits per heavy atom. The molecule has 1 aliphatic carbocycles. The van der Waals surface area contributed by atoms with Crippen LogP contribution in [0.4, 0.5) is 0 Å². The van der Waals surface area contributed by atoms with Crippen LogP contribution < -0.4 is 0 Å². The summed E-state index contributed by atoms with van der Waals surface area (Å²) in [5, 5.41) is 15.1. The predicted molar refractivity (Wildman–Crippen MR) is 108 cm³/mol. The monoisotopic (exact) mass is 386 g/mol. The summed E-state index contributed by atoms with van der Waals surface area (Å²) in [4.78, 5) is 13.2. The number of carbonyl (C=O) groups excluding carboxylic acids is 1. The van der Waals surface area contributed by atoms with Crippen LogP contribution >= 0.6 is 11.6 Å². The van der Waals surface area contributed by atoms with Crippen LogP contribution in [0.15, 0.2) is 70.5 Å². The van der Waals surface area contributed by atoms with Crippen molar-refractivity contribution in [2.24, 2.45) is 5.92 Å². The molecule has 6 heteroatoms. The Morgan fingerprint density at radius 3 is 2.81 bits per heavy atom. The highest BCUT2D eigenvalue weighted by molar-refractivity contribution is 6.31. The van der Waals surface area contributed by atoms with Gasteiger partial charge in [-0.05, 0) is 26.0 Å². The molecule has 1 aliphatic rings. The van der Waals surface area contributed by atoms with Gasteiger partial charge in [0.05, 0.1) is 17.7 Å². The van der Waals surface area contributed by atoms with E-state index in [2.05, 4.69) is 11.7 Å². The molecule has 0 saturated carbocycles. The van der Waals surface area contributed by atoms with E-state index in [0.717, 1.165) is 12.0 Å². The van der Waals surface area contributed by atoms with Gasteiger partial charge in [0.1, 0.15) is 11.5 Å². The molecule has 142 valence electrons. The van der Waals surface area contributed by atoms with Crippen LogP contribution in [0, 0.1) is 19.8 Å². The van der Waals surface area contributed by atoms with Crippen LogP contribution in [-0.2, 0) is 4.79 Å². The van der Waals surface area contributed by atoms with Gasteiger partial charge in [0.15, 0.2) is 0 Å². The maximum absolute atomic E-state index is 11.6. The quantitative estimate of drug-likeness (QED) is 0.402. The molecule has 1 N–H and O–H groups in total. The van der Waals surface area contributed by atoms with Gasteiger partial charge < -0.3 is 14.5 Å². The molecule has 0 radical (unpaired) electrons. The van der Waals surface area contributed by atoms with E-state index in [1.54, 1.807) is 49.1 Å². The number of rotatable bonds is 8. The molecule has 1 amide bonds. The van der Waals surface area contributed by atoms with Gasteiger partial charge in [-0.2, -0.15) is 0 Å². The van der Waals surface area contributed by atoms with E-state index in [1.165, 1.54) is 0 Å². The Kier molecular flexibility index (Phi) is 7.44. The number of aryl methyl sites for hydroxylation is 2. The smallest absolute Gasteiger partial charge is 0.210 e. The van der Waals surface area contributed by atoms with E-state index in [9.17, 15) is 9.90 Å². The Labute approximate surface area is 164 Å². The molecule has 2 rings (SSSR count). The topological polar surface area (TPSA) is 66.6 Å². The molecule has 1 aromatic heterocycles. The van der Waals surface area contributed by atoms with Crippen molar-refractivity contribution < 1.29 is 14.4 Å². The Morgan fingerprint density at radius 1 is 1.41 bits per heavy atom. The first-order valence-corrected chi connectivity index (χ1v) is 8.90. The third kappa shape index (κ3) is 5.34. The van der Waals surface area contributed by atoms with E-state index in [1.807, 2.05) is 24.3 Å². The van der Waals surface area contributed by atoms with Gasteiger partial charge in [-0.15, -0.1) is 0 Å². The number of aliphatic hydroxyl groups is 1. The summed E-state index contributed by atoms with van der Waals surface area (Å²) in [5.41, 5.74) is 1.40. The molecule has 2 unspecified atom stereocenters. The average Bonchev–Trinajstić information content (AvgIpc) is 2.97. The fourth-order valence-corrected chi connectivity index (χ4v) is 3.00. The first-order chi connectivity index (χ1) is 13.0. The minimum atomic E-state index is -0.474. The summed E-state index contributed by atoms with van der Waals surface area (Å²) in [6.45, 7) is 7.57. The lowest BCUT2D eigenvalue weighted by Crippen LogP contribution is -2.39. The van der Waals surface area contributed by atoms with Crippen molar-refractivity contribution in [1.29, 1.82) is 0 Å². The Hall–Kier alpha value is -2.79. The maximum Gasteiger partial charge on any atom is 0.210 e. The summed E-state index contributed by atoms with van der Waals surface area (Å²) in [6, 6.07) is -0.366. The summed E-state index contributed by atoms with van der Waals surface area (Å²) in [7, 11) is 0. The highest BCUT2D eigenvalue weighted by Crippen LogP contribution is 2.30. The molecular weight excluding hydrogens is 364 g/mol. The number of nitrogens with zero attached hydrogens (tertiary/aromatic N) is 2. The fourth-order valence-electron chi connectivity index (χ4n) is 2.79. The highest BCUT2D eigenvalue weighted by Gasteiger charge is 2.29. The molecule has 1 aromatic rings. The van der Waals surface area contributed by atoms with E-state index < -0.39 is 5.92 Å². The molecule has 5 nitrogen and oxygen atoms in total. The SMILES string of the molecule is C=C/C=C\C=C\CN(C=O)C1C=CC(Cl)=CC1/C(O)=C/c1c(C)noc1C. The molecule has 0 aliphatic heterocycles. The molecule has 2 atom stereocenters. The van der Waals surface area contributed by atoms with Gasteiger partial charge in [0.2, 0.25) is 6.41 Å². The normalized spacial score (nSPS) is 20.3. The van der Waals surface area contributed by atoms with Crippen LogP contribution in [0.25, 0.3) is 6.08 Å². The van der Waals surface area contributed by atoms with Crippen molar-refractivity contribution in [2.45, 2.75) is 19.9 Å². The molecule has 1 heterocycles. The van der Waals surface area contributed by atoms with Crippen LogP contribution in [0.5, 0.6) is 0 Å². The summed E-state index contributed by atoms with van der Waals surface area (Å²) in [5.74, 6) is 0.221. The predicted octanol–water partition coefficient (Wildman–Crippen LogP) is 4.62. The van der Waals surface area contributed by atoms with Crippen LogP contribution in [0.1, 0.15) is 17.0 Å². The number of aromatic nitrogens is 1. The maximum atomic E-state index is 11.6. The molecule has 0 saturated heterocycles. The zero-order valence-corrected chi connectivity index (χ0v) is 16.1. The molecular formula is C21H23ClN2O3. The number of allylic oxidation sites excluding steroid dienone is 6. The lowest BCUT2D eigenvalue weighted by molar-refractivity contribution is -0.119. The second-order valence-electron chi connectivity index (χ2n) is 6.09. The van der Waals surface area contributed by atoms with Crippen molar-refractivity contribution in [1.82, 2.24) is 10.1 Å². The van der Waals surface area contributed by atoms with E-state index in [-0.39, 0.29) is 11.8 Å². The van der Waals surface area contributed by atoms with E-state index >= 15 is 0 Å². The first-order valence-electron chi connectivity index (χ1n) is 8.52. The zero-order chi connectivity index (χ0) is 19.8. The van der Waals surface area contributed by atoms with Gasteiger partial charge in [-0.25, -0.2) is 0 Å². The number of hydrogen-bond donors (Lipinski definition) is 1. The number of carbonyl (C=O) groups is 1. The Bertz CT molecular complexity index is 811. The van der Waals surface area contributed by atoms with Gasteiger partial charge in [-0.3, -0.25) is 4.79 Å². The third-order valence-electron chi connectivity index (χ3n) is 4.21. The minimum absolute atomic E-state index is 0.0827. The standard InChI is InChI=1S/C21H23ClN2O3/c1-4-5-6-7-8-11-24(14-25)20-10-9-17(22)12-19(20)21(26)13-18-15(2)23-27-16(18)3/h4-10,12-14,19-20,26H,1,11H2,2-3H3/b6-5-,8-7+,21-13-. The fraction of sp³-hybridized carbons (Fsp3) is 0.238. The average molecular weight is 387 g/mol. The van der Waals surface area contributed by atoms with Gasteiger partial charge in [0.25, 0.3) is 0 Å². The van der Waals surface area contributed by atoms with Crippen LogP contribution in [0.3, 0.4) is 0 Å². The summed E-state index contributed by atoms with van der Waals surface area (Å²) in [6.07, 6.45) is 16.6. The Balaban J connectivity index is 2.27. The lowest BCUT2D eigenvalue weighted by Gasteiger charge is -2.32. The van der Waals surface area contributed by atoms with Crippen molar-refractivity contribution in [2.75, 3.05) is 6.54 Å². The number of amides is 1. The van der Waals surface area contributed by atoms with Gasteiger partial charge in [-0.1, -0.05) is 65.9 Å². The lowest BCUT2D eigenvalue weighted by atomic mass is 9.90. The third-order valence-corrected chi connectivity index (χ3v) is 4.46. The summed E-state index contributed by atoms with van der Waals surface area (Å²) >= 11 is 6.14. The van der Waals surface area contributed by atoms with Crippen molar-refractivity contribution >= 4 is 24.1 Å². The van der Waals surface area contributed by atoms with E-state index in [0.29, 0.717) is 23.0 Å². The molecule has 0 spiro atoms. The largest absolute Gasteiger partial charge is 0.512 e. The van der Waals surface area contributed by atoms with Crippen molar-refractivity contribution in [3.05, 3.63) is 83.0 Å². The minimum Gasteiger partial charge on any atom is -0.512 e. The molecule has 0 bridgehead atoms. The molecule has 27 heavy (non-hydrogen) atoms.